The standard InChI is InChI=1S/C13H20N2O4/c1-8(2)15-12(16)4-5-14-7-10-6-11(13(17)18)9(3)19-10/h6,8,14H,4-5,7H2,1-3H3,(H,15,16)(H,17,18). The number of carboxylic acid groups (broad SMARTS) is 1. The van der Waals surface area contributed by atoms with E-state index in [-0.39, 0.29) is 17.5 Å². The Hall–Kier alpha value is -1.82. The van der Waals surface area contributed by atoms with E-state index in [1.165, 1.54) is 6.07 Å². The molecule has 1 aromatic heterocycles. The molecule has 6 heteroatoms. The van der Waals surface area contributed by atoms with Crippen LogP contribution in [0.1, 0.15) is 42.1 Å². The summed E-state index contributed by atoms with van der Waals surface area (Å²) in [5.74, 6) is -0.0609. The number of carbonyl (C=O) groups excluding carboxylic acids is 1. The molecule has 0 radical (unpaired) electrons. The smallest absolute Gasteiger partial charge is 0.339 e. The predicted molar refractivity (Wildman–Crippen MR) is 70.0 cm³/mol. The van der Waals surface area contributed by atoms with Crippen LogP contribution in [0.2, 0.25) is 0 Å². The summed E-state index contributed by atoms with van der Waals surface area (Å²) in [5.41, 5.74) is 0.175. The lowest BCUT2D eigenvalue weighted by molar-refractivity contribution is -0.121. The number of carboxylic acids is 1. The molecule has 0 aliphatic heterocycles. The molecule has 3 N–H and O–H groups in total. The van der Waals surface area contributed by atoms with Crippen LogP contribution >= 0.6 is 0 Å². The fraction of sp³-hybridized carbons (Fsp3) is 0.538. The highest BCUT2D eigenvalue weighted by molar-refractivity contribution is 5.88. The molecule has 6 nitrogen and oxygen atoms in total. The number of hydrogen-bond acceptors (Lipinski definition) is 4. The SMILES string of the molecule is Cc1oc(CNCCC(=O)NC(C)C)cc1C(=O)O. The van der Waals surface area contributed by atoms with Gasteiger partial charge in [0.05, 0.1) is 6.54 Å². The Kier molecular flexibility index (Phi) is 5.57. The first-order valence-corrected chi connectivity index (χ1v) is 6.23. The Labute approximate surface area is 112 Å². The lowest BCUT2D eigenvalue weighted by atomic mass is 10.2. The summed E-state index contributed by atoms with van der Waals surface area (Å²) in [6.45, 7) is 6.35. The van der Waals surface area contributed by atoms with Crippen LogP contribution in [-0.2, 0) is 11.3 Å². The second-order valence-corrected chi connectivity index (χ2v) is 4.64. The molecule has 0 aliphatic carbocycles. The Morgan fingerprint density at radius 3 is 2.63 bits per heavy atom. The normalized spacial score (nSPS) is 10.7. The number of aryl methyl sites for hydroxylation is 1. The minimum absolute atomic E-state index is 0.00986. The molecule has 0 unspecified atom stereocenters. The van der Waals surface area contributed by atoms with Gasteiger partial charge in [-0.1, -0.05) is 0 Å². The summed E-state index contributed by atoms with van der Waals surface area (Å²) in [5, 5.41) is 14.7. The molecule has 1 aromatic rings. The minimum atomic E-state index is -0.996. The zero-order valence-electron chi connectivity index (χ0n) is 11.4. The highest BCUT2D eigenvalue weighted by Gasteiger charge is 2.13. The second kappa shape index (κ2) is 6.94. The lowest BCUT2D eigenvalue weighted by Gasteiger charge is -2.08. The van der Waals surface area contributed by atoms with Gasteiger partial charge in [0.1, 0.15) is 17.1 Å². The number of nitrogens with one attached hydrogen (secondary N) is 2. The average Bonchev–Trinajstić information content (AvgIpc) is 2.65. The molecule has 1 heterocycles. The molecule has 0 saturated carbocycles. The second-order valence-electron chi connectivity index (χ2n) is 4.64. The third-order valence-corrected chi connectivity index (χ3v) is 2.48. The number of furan rings is 1. The number of hydrogen-bond donors (Lipinski definition) is 3. The quantitative estimate of drug-likeness (QED) is 0.648. The van der Waals surface area contributed by atoms with Crippen LogP contribution in [0.15, 0.2) is 10.5 Å². The monoisotopic (exact) mass is 268 g/mol. The van der Waals surface area contributed by atoms with Gasteiger partial charge in [-0.3, -0.25) is 4.79 Å². The Balaban J connectivity index is 2.32. The number of rotatable bonds is 7. The van der Waals surface area contributed by atoms with Gasteiger partial charge < -0.3 is 20.2 Å². The Bertz CT molecular complexity index is 451. The summed E-state index contributed by atoms with van der Waals surface area (Å²) >= 11 is 0. The van der Waals surface area contributed by atoms with Crippen LogP contribution in [0.25, 0.3) is 0 Å². The van der Waals surface area contributed by atoms with Gasteiger partial charge in [-0.2, -0.15) is 0 Å². The number of aromatic carboxylic acids is 1. The average molecular weight is 268 g/mol. The van der Waals surface area contributed by atoms with Crippen LogP contribution in [0.3, 0.4) is 0 Å². The fourth-order valence-corrected chi connectivity index (χ4v) is 1.65. The molecule has 0 aromatic carbocycles. The molecule has 0 saturated heterocycles. The van der Waals surface area contributed by atoms with Crippen LogP contribution in [0, 0.1) is 6.92 Å². The van der Waals surface area contributed by atoms with Gasteiger partial charge in [0.15, 0.2) is 0 Å². The zero-order valence-corrected chi connectivity index (χ0v) is 11.4. The van der Waals surface area contributed by atoms with Crippen molar-refractivity contribution in [1.82, 2.24) is 10.6 Å². The molecule has 0 atom stereocenters. The zero-order chi connectivity index (χ0) is 14.4. The maximum atomic E-state index is 11.4. The van der Waals surface area contributed by atoms with Crippen molar-refractivity contribution in [2.24, 2.45) is 0 Å². The van der Waals surface area contributed by atoms with Crippen molar-refractivity contribution in [3.8, 4) is 0 Å². The summed E-state index contributed by atoms with van der Waals surface area (Å²) in [6.07, 6.45) is 0.379. The van der Waals surface area contributed by atoms with Gasteiger partial charge in [0.2, 0.25) is 5.91 Å². The van der Waals surface area contributed by atoms with Gasteiger partial charge in [0, 0.05) is 19.0 Å². The van der Waals surface area contributed by atoms with Gasteiger partial charge in [-0.25, -0.2) is 4.79 Å². The van der Waals surface area contributed by atoms with Crippen molar-refractivity contribution >= 4 is 11.9 Å². The van der Waals surface area contributed by atoms with E-state index >= 15 is 0 Å². The topological polar surface area (TPSA) is 91.6 Å². The first kappa shape index (κ1) is 15.2. The van der Waals surface area contributed by atoms with E-state index in [9.17, 15) is 9.59 Å². The van der Waals surface area contributed by atoms with Crippen molar-refractivity contribution < 1.29 is 19.1 Å². The van der Waals surface area contributed by atoms with E-state index in [1.807, 2.05) is 13.8 Å². The van der Waals surface area contributed by atoms with Crippen molar-refractivity contribution in [2.75, 3.05) is 6.54 Å². The molecule has 0 spiro atoms. The largest absolute Gasteiger partial charge is 0.478 e. The molecule has 1 rings (SSSR count). The molecule has 106 valence electrons. The Morgan fingerprint density at radius 2 is 2.11 bits per heavy atom. The van der Waals surface area contributed by atoms with E-state index in [0.29, 0.717) is 31.0 Å². The first-order chi connectivity index (χ1) is 8.90. The molecular formula is C13H20N2O4. The summed E-state index contributed by atoms with van der Waals surface area (Å²) in [6, 6.07) is 1.64. The van der Waals surface area contributed by atoms with Gasteiger partial charge >= 0.3 is 5.97 Å². The lowest BCUT2D eigenvalue weighted by Crippen LogP contribution is -2.32. The maximum Gasteiger partial charge on any atom is 0.339 e. The third-order valence-electron chi connectivity index (χ3n) is 2.48. The van der Waals surface area contributed by atoms with Gasteiger partial charge in [-0.15, -0.1) is 0 Å². The van der Waals surface area contributed by atoms with Crippen LogP contribution < -0.4 is 10.6 Å². The van der Waals surface area contributed by atoms with Crippen molar-refractivity contribution in [3.05, 3.63) is 23.2 Å². The molecule has 0 fully saturated rings. The third kappa shape index (κ3) is 5.13. The number of amides is 1. The van der Waals surface area contributed by atoms with Crippen LogP contribution in [0.4, 0.5) is 0 Å². The molecule has 19 heavy (non-hydrogen) atoms. The van der Waals surface area contributed by atoms with E-state index < -0.39 is 5.97 Å². The van der Waals surface area contributed by atoms with Crippen molar-refractivity contribution in [1.29, 1.82) is 0 Å². The number of carbonyl (C=O) groups is 2. The van der Waals surface area contributed by atoms with Gasteiger partial charge in [0.25, 0.3) is 0 Å². The Morgan fingerprint density at radius 1 is 1.42 bits per heavy atom. The maximum absolute atomic E-state index is 11.4. The highest BCUT2D eigenvalue weighted by atomic mass is 16.4. The minimum Gasteiger partial charge on any atom is -0.478 e. The van der Waals surface area contributed by atoms with E-state index in [0.717, 1.165) is 0 Å². The molecule has 1 amide bonds. The molecule has 0 bridgehead atoms. The van der Waals surface area contributed by atoms with Crippen molar-refractivity contribution in [2.45, 2.75) is 39.8 Å². The summed E-state index contributed by atoms with van der Waals surface area (Å²) in [7, 11) is 0. The van der Waals surface area contributed by atoms with Gasteiger partial charge in [-0.05, 0) is 26.8 Å². The summed E-state index contributed by atoms with van der Waals surface area (Å²) < 4.78 is 5.30. The molecule has 0 aliphatic rings. The fourth-order valence-electron chi connectivity index (χ4n) is 1.65. The highest BCUT2D eigenvalue weighted by Crippen LogP contribution is 2.14. The van der Waals surface area contributed by atoms with Crippen LogP contribution in [-0.4, -0.2) is 29.6 Å². The van der Waals surface area contributed by atoms with Crippen LogP contribution in [0.5, 0.6) is 0 Å². The first-order valence-electron chi connectivity index (χ1n) is 6.23. The van der Waals surface area contributed by atoms with E-state index in [1.54, 1.807) is 6.92 Å². The van der Waals surface area contributed by atoms with E-state index in [2.05, 4.69) is 10.6 Å². The molecular weight excluding hydrogens is 248 g/mol. The van der Waals surface area contributed by atoms with E-state index in [4.69, 9.17) is 9.52 Å². The predicted octanol–water partition coefficient (Wildman–Crippen LogP) is 1.29. The summed E-state index contributed by atoms with van der Waals surface area (Å²) in [4.78, 5) is 22.2. The van der Waals surface area contributed by atoms with Crippen molar-refractivity contribution in [3.63, 3.8) is 0 Å².